The summed E-state index contributed by atoms with van der Waals surface area (Å²) in [5.74, 6) is 6.34. The summed E-state index contributed by atoms with van der Waals surface area (Å²) in [6, 6.07) is 0. The molecule has 0 bridgehead atoms. The zero-order valence-corrected chi connectivity index (χ0v) is 16.4. The third kappa shape index (κ3) is 4.78. The van der Waals surface area contributed by atoms with Gasteiger partial charge in [-0.2, -0.15) is 0 Å². The van der Waals surface area contributed by atoms with E-state index in [4.69, 9.17) is 0 Å². The first-order chi connectivity index (χ1) is 12.1. The first kappa shape index (κ1) is 18.7. The highest BCUT2D eigenvalue weighted by Crippen LogP contribution is 2.40. The Kier molecular flexibility index (Phi) is 6.42. The van der Waals surface area contributed by atoms with Crippen molar-refractivity contribution in [2.24, 2.45) is 47.3 Å². The Morgan fingerprint density at radius 2 is 1.12 bits per heavy atom. The van der Waals surface area contributed by atoms with Crippen LogP contribution < -0.4 is 0 Å². The lowest BCUT2D eigenvalue weighted by Crippen LogP contribution is -2.00. The van der Waals surface area contributed by atoms with Crippen molar-refractivity contribution in [2.45, 2.75) is 58.8 Å². The molecule has 0 spiro atoms. The van der Waals surface area contributed by atoms with Crippen molar-refractivity contribution in [2.75, 3.05) is 0 Å². The van der Waals surface area contributed by atoms with Gasteiger partial charge in [-0.15, -0.1) is 13.2 Å². The maximum atomic E-state index is 4.01. The molecule has 0 nitrogen and oxygen atoms in total. The molecular weight excluding hydrogens is 300 g/mol. The molecule has 3 fully saturated rings. The Morgan fingerprint density at radius 3 is 1.72 bits per heavy atom. The van der Waals surface area contributed by atoms with Crippen molar-refractivity contribution < 1.29 is 0 Å². The Labute approximate surface area is 156 Å². The molecule has 3 rings (SSSR count). The third-order valence-corrected chi connectivity index (χ3v) is 7.40. The Hall–Kier alpha value is -1.04. The Balaban J connectivity index is 1.44. The molecule has 0 heteroatoms. The van der Waals surface area contributed by atoms with Crippen molar-refractivity contribution in [3.8, 4) is 0 Å². The highest BCUT2D eigenvalue weighted by atomic mass is 14.3. The van der Waals surface area contributed by atoms with Gasteiger partial charge in [0.2, 0.25) is 0 Å². The average molecular weight is 339 g/mol. The lowest BCUT2D eigenvalue weighted by molar-refractivity contribution is 0.498. The summed E-state index contributed by atoms with van der Waals surface area (Å²) in [6.07, 6.45) is 24.0. The summed E-state index contributed by atoms with van der Waals surface area (Å²) in [6.45, 7) is 12.8. The summed E-state index contributed by atoms with van der Waals surface area (Å²) >= 11 is 0. The van der Waals surface area contributed by atoms with Crippen LogP contribution in [0.25, 0.3) is 0 Å². The van der Waals surface area contributed by atoms with Gasteiger partial charge in [0.05, 0.1) is 0 Å². The molecule has 0 saturated heterocycles. The summed E-state index contributed by atoms with van der Waals surface area (Å²) in [7, 11) is 0. The highest BCUT2D eigenvalue weighted by Gasteiger charge is 2.29. The first-order valence-corrected chi connectivity index (χ1v) is 10.7. The zero-order valence-electron chi connectivity index (χ0n) is 16.4. The van der Waals surface area contributed by atoms with E-state index in [0.29, 0.717) is 0 Å². The van der Waals surface area contributed by atoms with Crippen LogP contribution in [0, 0.1) is 47.3 Å². The lowest BCUT2D eigenvalue weighted by Gasteiger charge is -2.11. The normalized spacial score (nSPS) is 44.9. The standard InChI is InChI=1S/C25H38/c1-5-20-13-19(4)25(16-20)12-11-22-8-7-21(15-22)9-10-23-14-18(3)24(6-2)17-23/h5-6,9-12,18-25H,1-2,7-8,13-17H2,3-4H3/b10-9-,12-11-. The predicted molar refractivity (Wildman–Crippen MR) is 110 cm³/mol. The van der Waals surface area contributed by atoms with E-state index in [1.807, 2.05) is 0 Å². The molecule has 0 aromatic rings. The lowest BCUT2D eigenvalue weighted by atomic mass is 9.95. The summed E-state index contributed by atoms with van der Waals surface area (Å²) in [4.78, 5) is 0. The van der Waals surface area contributed by atoms with Crippen LogP contribution in [0.15, 0.2) is 49.6 Å². The second-order valence-corrected chi connectivity index (χ2v) is 9.32. The van der Waals surface area contributed by atoms with Crippen molar-refractivity contribution in [1.82, 2.24) is 0 Å². The van der Waals surface area contributed by atoms with Crippen LogP contribution in [-0.4, -0.2) is 0 Å². The van der Waals surface area contributed by atoms with E-state index in [2.05, 4.69) is 63.5 Å². The molecule has 3 aliphatic carbocycles. The van der Waals surface area contributed by atoms with Gasteiger partial charge in [-0.1, -0.05) is 50.3 Å². The molecule has 8 atom stereocenters. The van der Waals surface area contributed by atoms with Gasteiger partial charge in [0.1, 0.15) is 0 Å². The van der Waals surface area contributed by atoms with E-state index in [0.717, 1.165) is 47.3 Å². The van der Waals surface area contributed by atoms with Crippen LogP contribution in [0.4, 0.5) is 0 Å². The van der Waals surface area contributed by atoms with Gasteiger partial charge >= 0.3 is 0 Å². The Morgan fingerprint density at radius 1 is 0.560 bits per heavy atom. The van der Waals surface area contributed by atoms with Crippen LogP contribution in [-0.2, 0) is 0 Å². The molecule has 25 heavy (non-hydrogen) atoms. The van der Waals surface area contributed by atoms with Crippen molar-refractivity contribution in [3.63, 3.8) is 0 Å². The fraction of sp³-hybridized carbons (Fsp3) is 0.680. The van der Waals surface area contributed by atoms with Gasteiger partial charge in [-0.3, -0.25) is 0 Å². The van der Waals surface area contributed by atoms with Gasteiger partial charge < -0.3 is 0 Å². The molecule has 0 aliphatic heterocycles. The SMILES string of the molecule is C=CC1CC(C)C(/C=C\C2CCC(/C=C\C3CC(C)C(C=C)C3)C2)C1. The summed E-state index contributed by atoms with van der Waals surface area (Å²) < 4.78 is 0. The van der Waals surface area contributed by atoms with Gasteiger partial charge in [-0.05, 0) is 92.3 Å². The molecule has 0 amide bonds. The molecule has 8 unspecified atom stereocenters. The van der Waals surface area contributed by atoms with E-state index in [1.54, 1.807) is 0 Å². The van der Waals surface area contributed by atoms with E-state index >= 15 is 0 Å². The molecule has 0 aromatic heterocycles. The number of hydrogen-bond donors (Lipinski definition) is 0. The van der Waals surface area contributed by atoms with Crippen LogP contribution >= 0.6 is 0 Å². The fourth-order valence-electron chi connectivity index (χ4n) is 5.62. The van der Waals surface area contributed by atoms with Crippen LogP contribution in [0.3, 0.4) is 0 Å². The van der Waals surface area contributed by atoms with Crippen molar-refractivity contribution >= 4 is 0 Å². The van der Waals surface area contributed by atoms with E-state index in [-0.39, 0.29) is 0 Å². The Bertz CT molecular complexity index is 510. The minimum absolute atomic E-state index is 0.738. The van der Waals surface area contributed by atoms with Gasteiger partial charge in [0.25, 0.3) is 0 Å². The fourth-order valence-corrected chi connectivity index (χ4v) is 5.62. The molecule has 0 N–H and O–H groups in total. The number of rotatable bonds is 6. The van der Waals surface area contributed by atoms with Crippen molar-refractivity contribution in [1.29, 1.82) is 0 Å². The largest absolute Gasteiger partial charge is 0.103 e. The van der Waals surface area contributed by atoms with Crippen molar-refractivity contribution in [3.05, 3.63) is 49.6 Å². The topological polar surface area (TPSA) is 0 Å². The molecular formula is C25H38. The number of hydrogen-bond acceptors (Lipinski definition) is 0. The van der Waals surface area contributed by atoms with Gasteiger partial charge in [-0.25, -0.2) is 0 Å². The smallest absolute Gasteiger partial charge is 0.0202 e. The van der Waals surface area contributed by atoms with E-state index in [1.165, 1.54) is 44.9 Å². The second-order valence-electron chi connectivity index (χ2n) is 9.32. The quantitative estimate of drug-likeness (QED) is 0.449. The molecule has 0 aromatic carbocycles. The zero-order chi connectivity index (χ0) is 17.8. The minimum Gasteiger partial charge on any atom is -0.103 e. The molecule has 138 valence electrons. The maximum absolute atomic E-state index is 4.01. The summed E-state index contributed by atoms with van der Waals surface area (Å²) in [5, 5.41) is 0. The van der Waals surface area contributed by atoms with Gasteiger partial charge in [0, 0.05) is 0 Å². The molecule has 0 heterocycles. The number of allylic oxidation sites excluding steroid dienone is 6. The molecule has 0 radical (unpaired) electrons. The summed E-state index contributed by atoms with van der Waals surface area (Å²) in [5.41, 5.74) is 0. The van der Waals surface area contributed by atoms with Crippen LogP contribution in [0.2, 0.25) is 0 Å². The molecule has 3 saturated carbocycles. The predicted octanol–water partition coefficient (Wildman–Crippen LogP) is 7.21. The molecule has 3 aliphatic rings. The van der Waals surface area contributed by atoms with Crippen LogP contribution in [0.1, 0.15) is 58.8 Å². The average Bonchev–Trinajstić information content (AvgIpc) is 3.29. The third-order valence-electron chi connectivity index (χ3n) is 7.40. The highest BCUT2D eigenvalue weighted by molar-refractivity contribution is 5.06. The van der Waals surface area contributed by atoms with Gasteiger partial charge in [0.15, 0.2) is 0 Å². The second kappa shape index (κ2) is 8.56. The van der Waals surface area contributed by atoms with E-state index in [9.17, 15) is 0 Å². The van der Waals surface area contributed by atoms with Crippen LogP contribution in [0.5, 0.6) is 0 Å². The minimum atomic E-state index is 0.738. The monoisotopic (exact) mass is 338 g/mol. The maximum Gasteiger partial charge on any atom is -0.0202 e. The van der Waals surface area contributed by atoms with E-state index < -0.39 is 0 Å². The first-order valence-electron chi connectivity index (χ1n) is 10.7.